The monoisotopic (exact) mass is 322 g/mol. The fraction of sp³-hybridized carbons (Fsp3) is 0.143. The molecule has 0 saturated carbocycles. The van der Waals surface area contributed by atoms with Crippen molar-refractivity contribution in [2.75, 3.05) is 7.05 Å². The van der Waals surface area contributed by atoms with Crippen molar-refractivity contribution < 1.29 is 9.18 Å². The molecule has 5 heteroatoms. The summed E-state index contributed by atoms with van der Waals surface area (Å²) in [5.74, 6) is -0.770. The fourth-order valence-corrected chi connectivity index (χ4v) is 2.18. The minimum atomic E-state index is -0.512. The van der Waals surface area contributed by atoms with E-state index in [0.29, 0.717) is 6.54 Å². The van der Waals surface area contributed by atoms with Crippen molar-refractivity contribution in [3.63, 3.8) is 0 Å². The summed E-state index contributed by atoms with van der Waals surface area (Å²) in [6.07, 6.45) is 2.44. The molecular formula is C14H12BrFN2O. The van der Waals surface area contributed by atoms with Crippen LogP contribution >= 0.6 is 15.9 Å². The molecular weight excluding hydrogens is 311 g/mol. The Balaban J connectivity index is 2.12. The van der Waals surface area contributed by atoms with E-state index in [2.05, 4.69) is 20.9 Å². The molecule has 98 valence electrons. The van der Waals surface area contributed by atoms with E-state index < -0.39 is 5.82 Å². The smallest absolute Gasteiger partial charge is 0.255 e. The van der Waals surface area contributed by atoms with Gasteiger partial charge in [-0.25, -0.2) is 4.39 Å². The van der Waals surface area contributed by atoms with Gasteiger partial charge in [-0.2, -0.15) is 0 Å². The highest BCUT2D eigenvalue weighted by Gasteiger charge is 2.13. The van der Waals surface area contributed by atoms with Crippen LogP contribution < -0.4 is 0 Å². The van der Waals surface area contributed by atoms with E-state index in [0.717, 1.165) is 16.2 Å². The maximum absolute atomic E-state index is 13.0. The normalized spacial score (nSPS) is 10.3. The molecule has 0 N–H and O–H groups in total. The number of aromatic nitrogens is 1. The van der Waals surface area contributed by atoms with Crippen molar-refractivity contribution in [1.29, 1.82) is 0 Å². The van der Waals surface area contributed by atoms with Crippen molar-refractivity contribution in [3.05, 3.63) is 64.1 Å². The highest BCUT2D eigenvalue weighted by Crippen LogP contribution is 2.14. The molecule has 1 amide bonds. The number of nitrogens with zero attached hydrogens (tertiary/aromatic N) is 2. The second kappa shape index (κ2) is 5.93. The maximum Gasteiger partial charge on any atom is 0.255 e. The molecule has 0 atom stereocenters. The highest BCUT2D eigenvalue weighted by atomic mass is 79.9. The third-order valence-corrected chi connectivity index (χ3v) is 3.10. The minimum absolute atomic E-state index is 0.248. The molecule has 0 aliphatic rings. The van der Waals surface area contributed by atoms with Crippen LogP contribution in [-0.4, -0.2) is 22.8 Å². The summed E-state index contributed by atoms with van der Waals surface area (Å²) in [6.45, 7) is 0.453. The van der Waals surface area contributed by atoms with Gasteiger partial charge >= 0.3 is 0 Å². The molecule has 1 aromatic carbocycles. The third kappa shape index (κ3) is 3.61. The summed E-state index contributed by atoms with van der Waals surface area (Å²) in [7, 11) is 1.67. The van der Waals surface area contributed by atoms with Gasteiger partial charge in [0.15, 0.2) is 0 Å². The number of carbonyl (C=O) groups is 1. The molecule has 0 unspecified atom stereocenters. The number of carbonyl (C=O) groups excluding carboxylic acids is 1. The first-order valence-electron chi connectivity index (χ1n) is 5.67. The lowest BCUT2D eigenvalue weighted by Crippen LogP contribution is -2.26. The number of hydrogen-bond acceptors (Lipinski definition) is 2. The van der Waals surface area contributed by atoms with Crippen molar-refractivity contribution in [2.45, 2.75) is 6.54 Å². The van der Waals surface area contributed by atoms with Crippen LogP contribution in [0.5, 0.6) is 0 Å². The SMILES string of the molecule is CN(Cc1cccc(Br)c1)C(=O)c1cncc(F)c1. The first-order chi connectivity index (χ1) is 9.06. The van der Waals surface area contributed by atoms with Gasteiger partial charge in [-0.1, -0.05) is 28.1 Å². The summed E-state index contributed by atoms with van der Waals surface area (Å²) < 4.78 is 14.0. The standard InChI is InChI=1S/C14H12BrFN2O/c1-18(9-10-3-2-4-12(15)5-10)14(19)11-6-13(16)8-17-7-11/h2-8H,9H2,1H3. The molecule has 3 nitrogen and oxygen atoms in total. The van der Waals surface area contributed by atoms with Crippen molar-refractivity contribution in [2.24, 2.45) is 0 Å². The molecule has 1 heterocycles. The first kappa shape index (κ1) is 13.7. The number of rotatable bonds is 3. The Bertz CT molecular complexity index is 604. The van der Waals surface area contributed by atoms with Crippen LogP contribution in [0.1, 0.15) is 15.9 Å². The number of halogens is 2. The molecule has 1 aromatic heterocycles. The highest BCUT2D eigenvalue weighted by molar-refractivity contribution is 9.10. The Labute approximate surface area is 119 Å². The van der Waals surface area contributed by atoms with Crippen LogP contribution in [0.3, 0.4) is 0 Å². The van der Waals surface area contributed by atoms with Gasteiger partial charge in [0, 0.05) is 24.3 Å². The molecule has 0 aliphatic heterocycles. The molecule has 0 radical (unpaired) electrons. The Morgan fingerprint density at radius 1 is 1.37 bits per heavy atom. The molecule has 0 aliphatic carbocycles. The summed E-state index contributed by atoms with van der Waals surface area (Å²) in [6, 6.07) is 8.88. The number of benzene rings is 1. The van der Waals surface area contributed by atoms with Gasteiger partial charge < -0.3 is 4.90 Å². The first-order valence-corrected chi connectivity index (χ1v) is 6.46. The van der Waals surface area contributed by atoms with E-state index in [1.807, 2.05) is 24.3 Å². The van der Waals surface area contributed by atoms with Crippen LogP contribution in [0.25, 0.3) is 0 Å². The van der Waals surface area contributed by atoms with E-state index in [1.54, 1.807) is 7.05 Å². The van der Waals surface area contributed by atoms with Crippen LogP contribution in [0.15, 0.2) is 47.2 Å². The average molecular weight is 323 g/mol. The maximum atomic E-state index is 13.0. The fourth-order valence-electron chi connectivity index (χ4n) is 1.73. The number of pyridine rings is 1. The predicted molar refractivity (Wildman–Crippen MR) is 74.1 cm³/mol. The zero-order chi connectivity index (χ0) is 13.8. The van der Waals surface area contributed by atoms with Gasteiger partial charge in [-0.15, -0.1) is 0 Å². The second-order valence-corrected chi connectivity index (χ2v) is 5.10. The minimum Gasteiger partial charge on any atom is -0.337 e. The third-order valence-electron chi connectivity index (χ3n) is 2.61. The molecule has 0 bridgehead atoms. The Morgan fingerprint density at radius 2 is 2.16 bits per heavy atom. The van der Waals surface area contributed by atoms with Gasteiger partial charge in [-0.3, -0.25) is 9.78 Å². The largest absolute Gasteiger partial charge is 0.337 e. The quantitative estimate of drug-likeness (QED) is 0.869. The summed E-state index contributed by atoms with van der Waals surface area (Å²) in [4.78, 5) is 17.3. The molecule has 2 aromatic rings. The zero-order valence-corrected chi connectivity index (χ0v) is 11.9. The van der Waals surface area contributed by atoms with Gasteiger partial charge in [0.05, 0.1) is 11.8 Å². The molecule has 19 heavy (non-hydrogen) atoms. The Morgan fingerprint density at radius 3 is 2.84 bits per heavy atom. The predicted octanol–water partition coefficient (Wildman–Crippen LogP) is 3.26. The van der Waals surface area contributed by atoms with Crippen LogP contribution in [0, 0.1) is 5.82 Å². The van der Waals surface area contributed by atoms with Gasteiger partial charge in [0.1, 0.15) is 5.82 Å². The Hall–Kier alpha value is -1.75. The molecule has 0 saturated heterocycles. The van der Waals surface area contributed by atoms with Crippen molar-refractivity contribution in [1.82, 2.24) is 9.88 Å². The van der Waals surface area contributed by atoms with E-state index in [9.17, 15) is 9.18 Å². The van der Waals surface area contributed by atoms with Crippen LogP contribution in [0.2, 0.25) is 0 Å². The molecule has 2 rings (SSSR count). The van der Waals surface area contributed by atoms with Crippen molar-refractivity contribution >= 4 is 21.8 Å². The van der Waals surface area contributed by atoms with E-state index >= 15 is 0 Å². The van der Waals surface area contributed by atoms with Crippen LogP contribution in [0.4, 0.5) is 4.39 Å². The molecule has 0 spiro atoms. The topological polar surface area (TPSA) is 33.2 Å². The van der Waals surface area contributed by atoms with Gasteiger partial charge in [0.25, 0.3) is 5.91 Å². The average Bonchev–Trinajstić information content (AvgIpc) is 2.38. The van der Waals surface area contributed by atoms with Gasteiger partial charge in [-0.05, 0) is 23.8 Å². The van der Waals surface area contributed by atoms with E-state index in [1.165, 1.54) is 17.2 Å². The summed E-state index contributed by atoms with van der Waals surface area (Å²) >= 11 is 3.38. The second-order valence-electron chi connectivity index (χ2n) is 4.18. The molecule has 0 fully saturated rings. The lowest BCUT2D eigenvalue weighted by atomic mass is 10.2. The van der Waals surface area contributed by atoms with Gasteiger partial charge in [0.2, 0.25) is 0 Å². The lowest BCUT2D eigenvalue weighted by Gasteiger charge is -2.17. The zero-order valence-electron chi connectivity index (χ0n) is 10.3. The van der Waals surface area contributed by atoms with Crippen molar-refractivity contribution in [3.8, 4) is 0 Å². The lowest BCUT2D eigenvalue weighted by molar-refractivity contribution is 0.0784. The van der Waals surface area contributed by atoms with Crippen LogP contribution in [-0.2, 0) is 6.54 Å². The number of hydrogen-bond donors (Lipinski definition) is 0. The summed E-state index contributed by atoms with van der Waals surface area (Å²) in [5, 5.41) is 0. The van der Waals surface area contributed by atoms with E-state index in [-0.39, 0.29) is 11.5 Å². The summed E-state index contributed by atoms with van der Waals surface area (Å²) in [5.41, 5.74) is 1.24. The Kier molecular flexibility index (Phi) is 4.27. The number of amides is 1. The van der Waals surface area contributed by atoms with E-state index in [4.69, 9.17) is 0 Å².